The van der Waals surface area contributed by atoms with E-state index in [2.05, 4.69) is 6.92 Å². The minimum absolute atomic E-state index is 0.0478. The largest absolute Gasteiger partial charge is 0.460 e. The molecule has 0 aromatic rings. The van der Waals surface area contributed by atoms with Crippen LogP contribution < -0.4 is 0 Å². The molecule has 1 saturated heterocycles. The van der Waals surface area contributed by atoms with Gasteiger partial charge < -0.3 is 9.84 Å². The molecule has 0 spiro atoms. The lowest BCUT2D eigenvalue weighted by atomic mass is 10.1. The molecule has 2 atom stereocenters. The first-order chi connectivity index (χ1) is 10.3. The summed E-state index contributed by atoms with van der Waals surface area (Å²) >= 11 is 0. The van der Waals surface area contributed by atoms with E-state index in [9.17, 15) is 9.90 Å². The predicted molar refractivity (Wildman–Crippen MR) is 92.6 cm³/mol. The van der Waals surface area contributed by atoms with Gasteiger partial charge in [-0.15, -0.1) is 0 Å². The molecular weight excluding hydrogens is 304 g/mol. The molecule has 0 amide bonds. The number of hydrogen-bond donors (Lipinski definition) is 1. The van der Waals surface area contributed by atoms with Crippen LogP contribution in [0.5, 0.6) is 0 Å². The van der Waals surface area contributed by atoms with E-state index in [4.69, 9.17) is 4.74 Å². The van der Waals surface area contributed by atoms with E-state index >= 15 is 0 Å². The lowest BCUT2D eigenvalue weighted by Crippen LogP contribution is -2.21. The third-order valence-corrected chi connectivity index (χ3v) is 6.77. The Labute approximate surface area is 137 Å². The lowest BCUT2D eigenvalue weighted by Gasteiger charge is -2.15. The van der Waals surface area contributed by atoms with Gasteiger partial charge in [0.2, 0.25) is 0 Å². The molecule has 0 aliphatic carbocycles. The van der Waals surface area contributed by atoms with Crippen molar-refractivity contribution in [1.29, 1.82) is 0 Å². The van der Waals surface area contributed by atoms with Gasteiger partial charge in [0.15, 0.2) is 0 Å². The topological polar surface area (TPSA) is 46.5 Å². The normalized spacial score (nSPS) is 19.6. The van der Waals surface area contributed by atoms with Crippen LogP contribution in [-0.2, 0) is 9.53 Å². The summed E-state index contributed by atoms with van der Waals surface area (Å²) in [6, 6.07) is 0. The van der Waals surface area contributed by atoms with E-state index in [1.54, 1.807) is 0 Å². The smallest absolute Gasteiger partial charge is 0.306 e. The highest BCUT2D eigenvalue weighted by Gasteiger charge is 2.17. The monoisotopic (exact) mass is 334 g/mol. The Bertz CT molecular complexity index is 268. The molecule has 2 unspecified atom stereocenters. The summed E-state index contributed by atoms with van der Waals surface area (Å²) in [5.74, 6) is 1.13. The van der Waals surface area contributed by atoms with Gasteiger partial charge in [-0.2, -0.15) is 0 Å². The zero-order valence-electron chi connectivity index (χ0n) is 13.2. The molecule has 0 bridgehead atoms. The van der Waals surface area contributed by atoms with Crippen LogP contribution in [0.2, 0.25) is 0 Å². The second-order valence-corrected chi connectivity index (χ2v) is 8.51. The number of hydrogen-bond acceptors (Lipinski definition) is 5. The molecule has 1 aliphatic rings. The van der Waals surface area contributed by atoms with Gasteiger partial charge in [0.05, 0.1) is 6.61 Å². The predicted octanol–water partition coefficient (Wildman–Crippen LogP) is 4.58. The molecule has 0 radical (unpaired) electrons. The molecule has 124 valence electrons. The molecule has 21 heavy (non-hydrogen) atoms. The van der Waals surface area contributed by atoms with Crippen LogP contribution in [0, 0.1) is 0 Å². The molecule has 0 aromatic carbocycles. The molecule has 3 nitrogen and oxygen atoms in total. The minimum Gasteiger partial charge on any atom is -0.460 e. The Kier molecular flexibility index (Phi) is 11.6. The van der Waals surface area contributed by atoms with Gasteiger partial charge in [0.25, 0.3) is 0 Å². The highest BCUT2D eigenvalue weighted by atomic mass is 33.1. The quantitative estimate of drug-likeness (QED) is 0.322. The van der Waals surface area contributed by atoms with Crippen LogP contribution in [0.15, 0.2) is 0 Å². The third-order valence-electron chi connectivity index (χ3n) is 3.77. The summed E-state index contributed by atoms with van der Waals surface area (Å²) in [7, 11) is 3.96. The summed E-state index contributed by atoms with van der Waals surface area (Å²) in [6.07, 6.45) is 10.1. The van der Waals surface area contributed by atoms with Crippen molar-refractivity contribution in [3.63, 3.8) is 0 Å². The maximum atomic E-state index is 11.8. The minimum atomic E-state index is -0.295. The van der Waals surface area contributed by atoms with E-state index in [1.165, 1.54) is 31.4 Å². The molecule has 0 saturated carbocycles. The van der Waals surface area contributed by atoms with Gasteiger partial charge >= 0.3 is 5.97 Å². The Hall–Kier alpha value is 0.130. The molecular formula is C16H30O3S2. The number of carbonyl (C=O) groups excluding carboxylic acids is 1. The zero-order chi connectivity index (χ0) is 15.3. The van der Waals surface area contributed by atoms with Gasteiger partial charge in [0.1, 0.15) is 6.10 Å². The summed E-state index contributed by atoms with van der Waals surface area (Å²) in [5.41, 5.74) is 0. The summed E-state index contributed by atoms with van der Waals surface area (Å²) in [5, 5.41) is 10.1. The number of rotatable bonds is 12. The number of unbranched alkanes of at least 4 members (excludes halogenated alkanes) is 4. The molecule has 1 N–H and O–H groups in total. The zero-order valence-corrected chi connectivity index (χ0v) is 14.9. The number of aliphatic hydroxyl groups is 1. The van der Waals surface area contributed by atoms with Gasteiger partial charge in [-0.3, -0.25) is 4.79 Å². The Morgan fingerprint density at radius 3 is 2.81 bits per heavy atom. The second kappa shape index (κ2) is 12.7. The van der Waals surface area contributed by atoms with Crippen LogP contribution in [-0.4, -0.2) is 34.8 Å². The van der Waals surface area contributed by atoms with Gasteiger partial charge in [-0.05, 0) is 32.1 Å². The fraction of sp³-hybridized carbons (Fsp3) is 0.938. The molecule has 1 rings (SSSR count). The number of esters is 1. The first-order valence-electron chi connectivity index (χ1n) is 8.34. The fourth-order valence-electron chi connectivity index (χ4n) is 2.44. The third kappa shape index (κ3) is 9.69. The molecule has 1 aliphatic heterocycles. The van der Waals surface area contributed by atoms with E-state index in [0.29, 0.717) is 6.42 Å². The van der Waals surface area contributed by atoms with E-state index in [0.717, 1.165) is 37.4 Å². The fourth-order valence-corrected chi connectivity index (χ4v) is 5.46. The van der Waals surface area contributed by atoms with Crippen molar-refractivity contribution >= 4 is 27.6 Å². The van der Waals surface area contributed by atoms with Gasteiger partial charge in [0, 0.05) is 17.4 Å². The number of carbonyl (C=O) groups is 1. The summed E-state index contributed by atoms with van der Waals surface area (Å²) < 4.78 is 5.35. The SMILES string of the molecule is CCCCCCC(CO)OC(=O)CCCCC1CCSS1. The number of aliphatic hydroxyl groups excluding tert-OH is 1. The molecule has 5 heteroatoms. The maximum absolute atomic E-state index is 11.8. The molecule has 0 aromatic heterocycles. The van der Waals surface area contributed by atoms with Crippen molar-refractivity contribution in [3.8, 4) is 0 Å². The van der Waals surface area contributed by atoms with Crippen LogP contribution >= 0.6 is 21.6 Å². The standard InChI is InChI=1S/C16H30O3S2/c1-2-3-4-5-8-14(13-17)19-16(18)10-7-6-9-15-11-12-20-21-15/h14-15,17H,2-13H2,1H3. The average molecular weight is 335 g/mol. The van der Waals surface area contributed by atoms with Gasteiger partial charge in [-0.1, -0.05) is 54.2 Å². The Balaban J connectivity index is 2.01. The summed E-state index contributed by atoms with van der Waals surface area (Å²) in [4.78, 5) is 11.8. The van der Waals surface area contributed by atoms with Crippen molar-refractivity contribution in [1.82, 2.24) is 0 Å². The van der Waals surface area contributed by atoms with Crippen molar-refractivity contribution in [2.45, 2.75) is 82.5 Å². The van der Waals surface area contributed by atoms with Crippen LogP contribution in [0.25, 0.3) is 0 Å². The maximum Gasteiger partial charge on any atom is 0.306 e. The van der Waals surface area contributed by atoms with Crippen molar-refractivity contribution in [3.05, 3.63) is 0 Å². The van der Waals surface area contributed by atoms with Crippen molar-refractivity contribution in [2.75, 3.05) is 12.4 Å². The second-order valence-electron chi connectivity index (χ2n) is 5.72. The summed E-state index contributed by atoms with van der Waals surface area (Å²) in [6.45, 7) is 2.13. The highest BCUT2D eigenvalue weighted by molar-refractivity contribution is 8.77. The Morgan fingerprint density at radius 1 is 1.29 bits per heavy atom. The lowest BCUT2D eigenvalue weighted by molar-refractivity contribution is -0.151. The highest BCUT2D eigenvalue weighted by Crippen LogP contribution is 2.39. The van der Waals surface area contributed by atoms with Gasteiger partial charge in [-0.25, -0.2) is 0 Å². The van der Waals surface area contributed by atoms with Crippen LogP contribution in [0.4, 0.5) is 0 Å². The number of ether oxygens (including phenoxy) is 1. The van der Waals surface area contributed by atoms with Crippen molar-refractivity contribution in [2.24, 2.45) is 0 Å². The van der Waals surface area contributed by atoms with E-state index in [1.807, 2.05) is 21.6 Å². The van der Waals surface area contributed by atoms with E-state index in [-0.39, 0.29) is 18.7 Å². The van der Waals surface area contributed by atoms with E-state index < -0.39 is 0 Å². The first-order valence-corrected chi connectivity index (χ1v) is 10.7. The first kappa shape index (κ1) is 19.2. The molecule has 1 fully saturated rings. The average Bonchev–Trinajstić information content (AvgIpc) is 3.00. The Morgan fingerprint density at radius 2 is 2.14 bits per heavy atom. The van der Waals surface area contributed by atoms with Crippen LogP contribution in [0.3, 0.4) is 0 Å². The van der Waals surface area contributed by atoms with Crippen LogP contribution in [0.1, 0.15) is 71.1 Å². The molecule has 1 heterocycles. The van der Waals surface area contributed by atoms with Crippen molar-refractivity contribution < 1.29 is 14.6 Å².